The molecule has 0 radical (unpaired) electrons. The fraction of sp³-hybridized carbons (Fsp3) is 0.227. The smallest absolute Gasteiger partial charge is 0.262 e. The highest BCUT2D eigenvalue weighted by Crippen LogP contribution is 2.24. The molecule has 0 bridgehead atoms. The number of aryl methyl sites for hydroxylation is 1. The third-order valence-corrected chi connectivity index (χ3v) is 5.41. The van der Waals surface area contributed by atoms with E-state index in [4.69, 9.17) is 5.73 Å². The molecule has 1 aliphatic rings. The summed E-state index contributed by atoms with van der Waals surface area (Å²) >= 11 is 0. The van der Waals surface area contributed by atoms with E-state index in [1.807, 2.05) is 0 Å². The van der Waals surface area contributed by atoms with Gasteiger partial charge in [-0.25, -0.2) is 9.37 Å². The van der Waals surface area contributed by atoms with Gasteiger partial charge in [-0.2, -0.15) is 0 Å². The van der Waals surface area contributed by atoms with Gasteiger partial charge in [-0.3, -0.25) is 29.1 Å². The number of hydrogen-bond donors (Lipinski definition) is 3. The van der Waals surface area contributed by atoms with Crippen molar-refractivity contribution in [1.29, 1.82) is 0 Å². The van der Waals surface area contributed by atoms with Gasteiger partial charge in [0.05, 0.1) is 11.1 Å². The van der Waals surface area contributed by atoms with E-state index in [2.05, 4.69) is 15.6 Å². The van der Waals surface area contributed by atoms with Gasteiger partial charge >= 0.3 is 0 Å². The molecule has 32 heavy (non-hydrogen) atoms. The Morgan fingerprint density at radius 1 is 1.28 bits per heavy atom. The zero-order valence-electron chi connectivity index (χ0n) is 17.1. The lowest BCUT2D eigenvalue weighted by molar-refractivity contribution is -0.135. The van der Waals surface area contributed by atoms with E-state index in [0.717, 1.165) is 0 Å². The van der Waals surface area contributed by atoms with Crippen LogP contribution in [0.5, 0.6) is 0 Å². The molecular weight excluding hydrogens is 417 g/mol. The zero-order chi connectivity index (χ0) is 23.0. The van der Waals surface area contributed by atoms with E-state index in [0.29, 0.717) is 5.69 Å². The van der Waals surface area contributed by atoms with Crippen LogP contribution in [-0.4, -0.2) is 27.3 Å². The average molecular weight is 437 g/mol. The van der Waals surface area contributed by atoms with Gasteiger partial charge in [-0.05, 0) is 43.7 Å². The Kier molecular flexibility index (Phi) is 5.54. The number of nitrogens with two attached hydrogens (primary N) is 1. The summed E-state index contributed by atoms with van der Waals surface area (Å²) in [5.41, 5.74) is 6.02. The summed E-state index contributed by atoms with van der Waals surface area (Å²) in [5.74, 6) is -1.68. The molecule has 1 fully saturated rings. The fourth-order valence-corrected chi connectivity index (χ4v) is 3.79. The Bertz CT molecular complexity index is 1330. The topological polar surface area (TPSA) is 136 Å². The van der Waals surface area contributed by atoms with Crippen LogP contribution in [0, 0.1) is 12.7 Å². The monoisotopic (exact) mass is 437 g/mol. The summed E-state index contributed by atoms with van der Waals surface area (Å²) in [5, 5.41) is 5.15. The van der Waals surface area contributed by atoms with E-state index in [1.54, 1.807) is 25.1 Å². The van der Waals surface area contributed by atoms with Crippen molar-refractivity contribution >= 4 is 34.3 Å². The van der Waals surface area contributed by atoms with Crippen LogP contribution in [0.25, 0.3) is 10.9 Å². The number of piperidine rings is 1. The van der Waals surface area contributed by atoms with Gasteiger partial charge in [-0.1, -0.05) is 6.07 Å². The summed E-state index contributed by atoms with van der Waals surface area (Å²) < 4.78 is 15.0. The predicted molar refractivity (Wildman–Crippen MR) is 114 cm³/mol. The molecule has 9 nitrogen and oxygen atoms in total. The normalized spacial score (nSPS) is 16.2. The summed E-state index contributed by atoms with van der Waals surface area (Å²) in [4.78, 5) is 54.1. The van der Waals surface area contributed by atoms with Crippen LogP contribution in [0.2, 0.25) is 0 Å². The second kappa shape index (κ2) is 8.31. The van der Waals surface area contributed by atoms with Crippen molar-refractivity contribution in [1.82, 2.24) is 14.9 Å². The van der Waals surface area contributed by atoms with Crippen molar-refractivity contribution in [3.05, 3.63) is 69.5 Å². The Labute approximate surface area is 181 Å². The molecule has 2 aromatic carbocycles. The second-order valence-electron chi connectivity index (χ2n) is 7.47. The molecule has 0 aliphatic carbocycles. The first kappa shape index (κ1) is 21.3. The highest BCUT2D eigenvalue weighted by Gasteiger charge is 2.30. The molecule has 3 aromatic rings. The lowest BCUT2D eigenvalue weighted by Crippen LogP contribution is -2.45. The van der Waals surface area contributed by atoms with Crippen LogP contribution in [0.4, 0.5) is 10.1 Å². The first-order chi connectivity index (χ1) is 15.3. The van der Waals surface area contributed by atoms with E-state index >= 15 is 0 Å². The number of carbonyl (C=O) groups is 3. The number of rotatable bonds is 4. The first-order valence-corrected chi connectivity index (χ1v) is 9.95. The highest BCUT2D eigenvalue weighted by atomic mass is 19.1. The third kappa shape index (κ3) is 3.76. The number of halogens is 1. The SMILES string of the molecule is Cc1nc2c(NC(=O)c3ccc(F)c(CN)c3)cccc2c(=O)n1C1CCC(=O)NC1=O. The molecule has 0 spiro atoms. The van der Waals surface area contributed by atoms with Crippen LogP contribution < -0.4 is 21.9 Å². The molecule has 1 atom stereocenters. The number of para-hydroxylation sites is 1. The van der Waals surface area contributed by atoms with Gasteiger partial charge in [-0.15, -0.1) is 0 Å². The van der Waals surface area contributed by atoms with Gasteiger partial charge < -0.3 is 11.1 Å². The molecule has 1 saturated heterocycles. The summed E-state index contributed by atoms with van der Waals surface area (Å²) in [6, 6.07) is 7.75. The highest BCUT2D eigenvalue weighted by molar-refractivity contribution is 6.08. The van der Waals surface area contributed by atoms with Gasteiger partial charge in [0.25, 0.3) is 11.5 Å². The van der Waals surface area contributed by atoms with Crippen molar-refractivity contribution in [3.63, 3.8) is 0 Å². The molecule has 4 N–H and O–H groups in total. The van der Waals surface area contributed by atoms with Crippen LogP contribution in [-0.2, 0) is 16.1 Å². The summed E-state index contributed by atoms with van der Waals surface area (Å²) in [6.07, 6.45) is 0.321. The Morgan fingerprint density at radius 2 is 2.06 bits per heavy atom. The first-order valence-electron chi connectivity index (χ1n) is 9.95. The average Bonchev–Trinajstić information content (AvgIpc) is 2.76. The maximum Gasteiger partial charge on any atom is 0.262 e. The number of anilines is 1. The molecule has 2 heterocycles. The summed E-state index contributed by atoms with van der Waals surface area (Å²) in [6.45, 7) is 1.53. The number of amides is 3. The number of imide groups is 1. The third-order valence-electron chi connectivity index (χ3n) is 5.41. The Balaban J connectivity index is 1.73. The van der Waals surface area contributed by atoms with Crippen molar-refractivity contribution in [2.24, 2.45) is 5.73 Å². The molecule has 1 aliphatic heterocycles. The van der Waals surface area contributed by atoms with Crippen LogP contribution in [0.1, 0.15) is 40.6 Å². The van der Waals surface area contributed by atoms with Gasteiger partial charge in [0, 0.05) is 24.1 Å². The maximum atomic E-state index is 13.7. The zero-order valence-corrected chi connectivity index (χ0v) is 17.1. The van der Waals surface area contributed by atoms with Crippen LogP contribution >= 0.6 is 0 Å². The van der Waals surface area contributed by atoms with Gasteiger partial charge in [0.2, 0.25) is 11.8 Å². The van der Waals surface area contributed by atoms with Crippen LogP contribution in [0.15, 0.2) is 41.2 Å². The predicted octanol–water partition coefficient (Wildman–Crippen LogP) is 1.53. The molecule has 10 heteroatoms. The number of hydrogen-bond acceptors (Lipinski definition) is 6. The molecule has 1 unspecified atom stereocenters. The molecular formula is C22H20FN5O4. The lowest BCUT2D eigenvalue weighted by atomic mass is 10.1. The quantitative estimate of drug-likeness (QED) is 0.530. The van der Waals surface area contributed by atoms with Crippen LogP contribution in [0.3, 0.4) is 0 Å². The maximum absolute atomic E-state index is 13.7. The number of nitrogens with zero attached hydrogens (tertiary/aromatic N) is 2. The van der Waals surface area contributed by atoms with E-state index in [9.17, 15) is 23.6 Å². The number of carbonyl (C=O) groups excluding carboxylic acids is 3. The Morgan fingerprint density at radius 3 is 2.78 bits per heavy atom. The standard InChI is InChI=1S/C22H20FN5O4/c1-11-25-19-14(22(32)28(11)17-7-8-18(29)27-21(17)31)3-2-4-16(19)26-20(30)12-5-6-15(23)13(9-12)10-24/h2-6,9,17H,7-8,10,24H2,1H3,(H,26,30)(H,27,29,31). The number of fused-ring (bicyclic) bond motifs is 1. The minimum atomic E-state index is -0.843. The Hall–Kier alpha value is -3.92. The number of benzene rings is 2. The van der Waals surface area contributed by atoms with Crippen molar-refractivity contribution in [2.75, 3.05) is 5.32 Å². The van der Waals surface area contributed by atoms with Crippen molar-refractivity contribution in [3.8, 4) is 0 Å². The number of nitrogens with one attached hydrogen (secondary N) is 2. The molecule has 4 rings (SSSR count). The largest absolute Gasteiger partial charge is 0.326 e. The second-order valence-corrected chi connectivity index (χ2v) is 7.47. The lowest BCUT2D eigenvalue weighted by Gasteiger charge is -2.24. The summed E-state index contributed by atoms with van der Waals surface area (Å²) in [7, 11) is 0. The molecule has 1 aromatic heterocycles. The van der Waals surface area contributed by atoms with Gasteiger partial charge in [0.1, 0.15) is 23.2 Å². The van der Waals surface area contributed by atoms with Crippen molar-refractivity contribution < 1.29 is 18.8 Å². The fourth-order valence-electron chi connectivity index (χ4n) is 3.79. The van der Waals surface area contributed by atoms with Gasteiger partial charge in [0.15, 0.2) is 0 Å². The molecule has 0 saturated carbocycles. The molecule has 164 valence electrons. The van der Waals surface area contributed by atoms with Crippen molar-refractivity contribution in [2.45, 2.75) is 32.4 Å². The minimum Gasteiger partial charge on any atom is -0.326 e. The minimum absolute atomic E-state index is 0.0537. The molecule has 3 amide bonds. The van der Waals surface area contributed by atoms with E-state index < -0.39 is 29.2 Å². The van der Waals surface area contributed by atoms with E-state index in [1.165, 1.54) is 22.8 Å². The number of aromatic nitrogens is 2. The van der Waals surface area contributed by atoms with E-state index in [-0.39, 0.29) is 53.1 Å².